The summed E-state index contributed by atoms with van der Waals surface area (Å²) < 4.78 is 11.1. The van der Waals surface area contributed by atoms with E-state index in [1.165, 1.54) is 6.92 Å². The van der Waals surface area contributed by atoms with E-state index in [0.717, 1.165) is 0 Å². The third kappa shape index (κ3) is 5.00. The molecule has 3 nitrogen and oxygen atoms in total. The number of carbonyl (C=O) groups is 1. The van der Waals surface area contributed by atoms with Crippen molar-refractivity contribution in [1.29, 1.82) is 0 Å². The molecular formula is C14H20O3. The lowest BCUT2D eigenvalue weighted by atomic mass is 10.1. The van der Waals surface area contributed by atoms with Gasteiger partial charge in [0.1, 0.15) is 12.4 Å². The number of Topliss-reactive ketones (excluding diaryl/α,β-unsaturated/α-hetero) is 1. The lowest BCUT2D eigenvalue weighted by Gasteiger charge is -2.19. The third-order valence-electron chi connectivity index (χ3n) is 2.14. The maximum atomic E-state index is 11.3. The highest BCUT2D eigenvalue weighted by atomic mass is 16.5. The van der Waals surface area contributed by atoms with Crippen LogP contribution in [0.5, 0.6) is 5.75 Å². The van der Waals surface area contributed by atoms with Crippen LogP contribution in [-0.2, 0) is 4.74 Å². The first-order valence-electron chi connectivity index (χ1n) is 5.77. The van der Waals surface area contributed by atoms with Crippen LogP contribution in [0.1, 0.15) is 38.1 Å². The number of ether oxygens (including phenoxy) is 2. The Hall–Kier alpha value is -1.35. The quantitative estimate of drug-likeness (QED) is 0.582. The summed E-state index contributed by atoms with van der Waals surface area (Å²) in [5.74, 6) is 0.634. The normalized spacial score (nSPS) is 11.3. The summed E-state index contributed by atoms with van der Waals surface area (Å²) in [5.41, 5.74) is 0.451. The van der Waals surface area contributed by atoms with E-state index in [4.69, 9.17) is 9.47 Å². The van der Waals surface area contributed by atoms with Crippen LogP contribution in [-0.4, -0.2) is 24.6 Å². The summed E-state index contributed by atoms with van der Waals surface area (Å²) in [6, 6.07) is 7.25. The third-order valence-corrected chi connectivity index (χ3v) is 2.14. The van der Waals surface area contributed by atoms with Gasteiger partial charge in [0.15, 0.2) is 5.78 Å². The first-order valence-corrected chi connectivity index (χ1v) is 5.77. The molecule has 0 spiro atoms. The fourth-order valence-electron chi connectivity index (χ4n) is 1.38. The molecule has 17 heavy (non-hydrogen) atoms. The number of benzene rings is 1. The summed E-state index contributed by atoms with van der Waals surface area (Å²) in [5, 5.41) is 0. The van der Waals surface area contributed by atoms with Gasteiger partial charge in [-0.15, -0.1) is 0 Å². The fraction of sp³-hybridized carbons (Fsp3) is 0.500. The SMILES string of the molecule is CC(=O)c1ccccc1OCCOC(C)(C)C. The van der Waals surface area contributed by atoms with Gasteiger partial charge in [-0.05, 0) is 39.8 Å². The molecule has 0 heterocycles. The smallest absolute Gasteiger partial charge is 0.163 e. The minimum absolute atomic E-state index is 0.0114. The number of carbonyl (C=O) groups excluding carboxylic acids is 1. The van der Waals surface area contributed by atoms with Crippen molar-refractivity contribution in [2.75, 3.05) is 13.2 Å². The van der Waals surface area contributed by atoms with Crippen LogP contribution in [0.3, 0.4) is 0 Å². The van der Waals surface area contributed by atoms with Crippen molar-refractivity contribution in [2.24, 2.45) is 0 Å². The zero-order valence-corrected chi connectivity index (χ0v) is 10.9. The van der Waals surface area contributed by atoms with Crippen molar-refractivity contribution < 1.29 is 14.3 Å². The monoisotopic (exact) mass is 236 g/mol. The standard InChI is InChI=1S/C14H20O3/c1-11(15)12-7-5-6-8-13(12)16-9-10-17-14(2,3)4/h5-8H,9-10H2,1-4H3. The van der Waals surface area contributed by atoms with Gasteiger partial charge in [0.2, 0.25) is 0 Å². The molecule has 0 radical (unpaired) electrons. The highest BCUT2D eigenvalue weighted by Crippen LogP contribution is 2.18. The first kappa shape index (κ1) is 13.7. The zero-order chi connectivity index (χ0) is 12.9. The van der Waals surface area contributed by atoms with Crippen LogP contribution >= 0.6 is 0 Å². The summed E-state index contributed by atoms with van der Waals surface area (Å²) in [6.45, 7) is 8.48. The van der Waals surface area contributed by atoms with E-state index in [0.29, 0.717) is 24.5 Å². The molecule has 0 aliphatic carbocycles. The maximum absolute atomic E-state index is 11.3. The molecule has 1 aromatic rings. The van der Waals surface area contributed by atoms with Gasteiger partial charge in [0, 0.05) is 0 Å². The van der Waals surface area contributed by atoms with E-state index in [-0.39, 0.29) is 11.4 Å². The summed E-state index contributed by atoms with van der Waals surface area (Å²) in [4.78, 5) is 11.3. The zero-order valence-electron chi connectivity index (χ0n) is 10.9. The molecule has 0 aliphatic heterocycles. The van der Waals surface area contributed by atoms with Gasteiger partial charge in [-0.3, -0.25) is 4.79 Å². The van der Waals surface area contributed by atoms with E-state index >= 15 is 0 Å². The van der Waals surface area contributed by atoms with Gasteiger partial charge in [-0.25, -0.2) is 0 Å². The molecule has 0 aliphatic rings. The molecule has 1 aromatic carbocycles. The second-order valence-electron chi connectivity index (χ2n) is 4.86. The van der Waals surface area contributed by atoms with Gasteiger partial charge < -0.3 is 9.47 Å². The van der Waals surface area contributed by atoms with Gasteiger partial charge in [0.05, 0.1) is 17.8 Å². The molecule has 0 bridgehead atoms. The second kappa shape index (κ2) is 5.82. The molecule has 0 saturated carbocycles. The summed E-state index contributed by atoms with van der Waals surface area (Å²) in [7, 11) is 0. The van der Waals surface area contributed by atoms with E-state index < -0.39 is 0 Å². The van der Waals surface area contributed by atoms with Crippen LogP contribution in [0, 0.1) is 0 Å². The number of ketones is 1. The highest BCUT2D eigenvalue weighted by molar-refractivity contribution is 5.96. The molecule has 3 heteroatoms. The number of rotatable bonds is 5. The van der Waals surface area contributed by atoms with Gasteiger partial charge >= 0.3 is 0 Å². The van der Waals surface area contributed by atoms with Crippen LogP contribution in [0.25, 0.3) is 0 Å². The van der Waals surface area contributed by atoms with Gasteiger partial charge in [-0.1, -0.05) is 12.1 Å². The molecule has 0 aromatic heterocycles. The predicted octanol–water partition coefficient (Wildman–Crippen LogP) is 3.08. The average molecular weight is 236 g/mol. The van der Waals surface area contributed by atoms with Crippen molar-refractivity contribution in [1.82, 2.24) is 0 Å². The molecule has 0 amide bonds. The molecular weight excluding hydrogens is 216 g/mol. The van der Waals surface area contributed by atoms with E-state index in [1.54, 1.807) is 12.1 Å². The van der Waals surface area contributed by atoms with E-state index in [2.05, 4.69) is 0 Å². The Morgan fingerprint density at radius 1 is 1.18 bits per heavy atom. The molecule has 0 N–H and O–H groups in total. The number of hydrogen-bond donors (Lipinski definition) is 0. The van der Waals surface area contributed by atoms with Crippen molar-refractivity contribution in [3.63, 3.8) is 0 Å². The summed E-state index contributed by atoms with van der Waals surface area (Å²) in [6.07, 6.45) is 0. The maximum Gasteiger partial charge on any atom is 0.163 e. The Kier molecular flexibility index (Phi) is 4.70. The average Bonchev–Trinajstić information content (AvgIpc) is 2.23. The predicted molar refractivity (Wildman–Crippen MR) is 67.6 cm³/mol. The minimum Gasteiger partial charge on any atom is -0.490 e. The first-order chi connectivity index (χ1) is 7.90. The second-order valence-corrected chi connectivity index (χ2v) is 4.86. The van der Waals surface area contributed by atoms with Crippen molar-refractivity contribution in [3.05, 3.63) is 29.8 Å². The molecule has 0 fully saturated rings. The Morgan fingerprint density at radius 3 is 2.41 bits per heavy atom. The summed E-state index contributed by atoms with van der Waals surface area (Å²) >= 11 is 0. The van der Waals surface area contributed by atoms with Crippen molar-refractivity contribution in [2.45, 2.75) is 33.3 Å². The molecule has 0 saturated heterocycles. The largest absolute Gasteiger partial charge is 0.490 e. The highest BCUT2D eigenvalue weighted by Gasteiger charge is 2.10. The lowest BCUT2D eigenvalue weighted by molar-refractivity contribution is -0.0163. The van der Waals surface area contributed by atoms with Crippen LogP contribution in [0.4, 0.5) is 0 Å². The topological polar surface area (TPSA) is 35.5 Å². The van der Waals surface area contributed by atoms with E-state index in [9.17, 15) is 4.79 Å². The van der Waals surface area contributed by atoms with Gasteiger partial charge in [-0.2, -0.15) is 0 Å². The molecule has 0 atom stereocenters. The van der Waals surface area contributed by atoms with E-state index in [1.807, 2.05) is 32.9 Å². The molecule has 94 valence electrons. The molecule has 0 unspecified atom stereocenters. The molecule has 1 rings (SSSR count). The Bertz CT molecular complexity index is 377. The van der Waals surface area contributed by atoms with Crippen LogP contribution in [0.15, 0.2) is 24.3 Å². The van der Waals surface area contributed by atoms with Crippen molar-refractivity contribution >= 4 is 5.78 Å². The van der Waals surface area contributed by atoms with Gasteiger partial charge in [0.25, 0.3) is 0 Å². The number of hydrogen-bond acceptors (Lipinski definition) is 3. The van der Waals surface area contributed by atoms with Crippen LogP contribution in [0.2, 0.25) is 0 Å². The Labute approximate surface area is 103 Å². The number of para-hydroxylation sites is 1. The Balaban J connectivity index is 2.49. The minimum atomic E-state index is -0.163. The lowest BCUT2D eigenvalue weighted by Crippen LogP contribution is -2.22. The van der Waals surface area contributed by atoms with Crippen molar-refractivity contribution in [3.8, 4) is 5.75 Å². The van der Waals surface area contributed by atoms with Crippen LogP contribution < -0.4 is 4.74 Å². The Morgan fingerprint density at radius 2 is 1.82 bits per heavy atom. The fourth-order valence-corrected chi connectivity index (χ4v) is 1.38.